The third-order valence-corrected chi connectivity index (χ3v) is 2.46. The minimum Gasteiger partial charge on any atom is -0.326 e. The lowest BCUT2D eigenvalue weighted by Crippen LogP contribution is -2.00. The Bertz CT molecular complexity index is 237. The van der Waals surface area contributed by atoms with E-state index in [1.54, 1.807) is 6.07 Å². The molecule has 0 amide bonds. The van der Waals surface area contributed by atoms with E-state index in [-0.39, 0.29) is 5.82 Å². The van der Waals surface area contributed by atoms with E-state index in [1.807, 2.05) is 28.7 Å². The number of benzene rings is 1. The number of halogens is 2. The van der Waals surface area contributed by atoms with Gasteiger partial charge in [0.2, 0.25) is 0 Å². The molecule has 0 radical (unpaired) electrons. The van der Waals surface area contributed by atoms with Crippen LogP contribution in [0.5, 0.6) is 0 Å². The lowest BCUT2D eigenvalue weighted by molar-refractivity contribution is 0.617. The van der Waals surface area contributed by atoms with Crippen LogP contribution in [0.15, 0.2) is 18.2 Å². The van der Waals surface area contributed by atoms with Crippen molar-refractivity contribution < 1.29 is 4.39 Å². The molecule has 1 nitrogen and oxygen atoms in total. The fourth-order valence-corrected chi connectivity index (χ4v) is 1.29. The van der Waals surface area contributed by atoms with Gasteiger partial charge in [0, 0.05) is 6.54 Å². The molecule has 0 bridgehead atoms. The van der Waals surface area contributed by atoms with Gasteiger partial charge in [-0.05, 0) is 34.2 Å². The standard InChI is InChI=1S/C7H7FIN/c8-6-3-1-2-5(4-10)7(6)9/h1-3H,4,10H2. The Kier molecular flexibility index (Phi) is 2.62. The smallest absolute Gasteiger partial charge is 0.136 e. The summed E-state index contributed by atoms with van der Waals surface area (Å²) in [4.78, 5) is 0. The van der Waals surface area contributed by atoms with Crippen LogP contribution in [0.4, 0.5) is 4.39 Å². The second-order valence-electron chi connectivity index (χ2n) is 1.92. The third-order valence-electron chi connectivity index (χ3n) is 1.25. The van der Waals surface area contributed by atoms with E-state index in [9.17, 15) is 4.39 Å². The van der Waals surface area contributed by atoms with Crippen molar-refractivity contribution in [2.75, 3.05) is 0 Å². The summed E-state index contributed by atoms with van der Waals surface area (Å²) in [5.41, 5.74) is 6.21. The first-order chi connectivity index (χ1) is 4.75. The van der Waals surface area contributed by atoms with Gasteiger partial charge >= 0.3 is 0 Å². The zero-order valence-corrected chi connectivity index (χ0v) is 7.43. The van der Waals surface area contributed by atoms with E-state index in [4.69, 9.17) is 5.73 Å². The second kappa shape index (κ2) is 3.30. The molecule has 0 aliphatic rings. The fourth-order valence-electron chi connectivity index (χ4n) is 0.706. The van der Waals surface area contributed by atoms with Crippen molar-refractivity contribution in [2.45, 2.75) is 6.54 Å². The molecule has 0 fully saturated rings. The molecule has 0 aliphatic heterocycles. The lowest BCUT2D eigenvalue weighted by atomic mass is 10.2. The molecular formula is C7H7FIN. The first-order valence-electron chi connectivity index (χ1n) is 2.88. The molecule has 1 rings (SSSR count). The maximum atomic E-state index is 12.7. The van der Waals surface area contributed by atoms with E-state index in [2.05, 4.69) is 0 Å². The first-order valence-corrected chi connectivity index (χ1v) is 3.96. The summed E-state index contributed by atoms with van der Waals surface area (Å²) in [6.07, 6.45) is 0. The van der Waals surface area contributed by atoms with E-state index in [0.29, 0.717) is 10.1 Å². The molecular weight excluding hydrogens is 244 g/mol. The Morgan fingerprint density at radius 2 is 2.20 bits per heavy atom. The second-order valence-corrected chi connectivity index (χ2v) is 3.00. The fraction of sp³-hybridized carbons (Fsp3) is 0.143. The van der Waals surface area contributed by atoms with Crippen molar-refractivity contribution in [3.8, 4) is 0 Å². The Morgan fingerprint density at radius 3 is 2.70 bits per heavy atom. The summed E-state index contributed by atoms with van der Waals surface area (Å²) in [5.74, 6) is -0.191. The molecule has 0 atom stereocenters. The molecule has 10 heavy (non-hydrogen) atoms. The molecule has 2 N–H and O–H groups in total. The maximum Gasteiger partial charge on any atom is 0.136 e. The van der Waals surface area contributed by atoms with E-state index in [0.717, 1.165) is 5.56 Å². The molecule has 1 aromatic rings. The van der Waals surface area contributed by atoms with Crippen LogP contribution in [-0.4, -0.2) is 0 Å². The Hall–Kier alpha value is -0.160. The van der Waals surface area contributed by atoms with Crippen LogP contribution >= 0.6 is 22.6 Å². The van der Waals surface area contributed by atoms with Gasteiger partial charge in [-0.15, -0.1) is 0 Å². The molecule has 0 aliphatic carbocycles. The van der Waals surface area contributed by atoms with Crippen LogP contribution in [0.2, 0.25) is 0 Å². The lowest BCUT2D eigenvalue weighted by Gasteiger charge is -1.99. The van der Waals surface area contributed by atoms with Gasteiger partial charge in [-0.3, -0.25) is 0 Å². The largest absolute Gasteiger partial charge is 0.326 e. The SMILES string of the molecule is NCc1cccc(F)c1I. The predicted octanol–water partition coefficient (Wildman–Crippen LogP) is 1.89. The monoisotopic (exact) mass is 251 g/mol. The van der Waals surface area contributed by atoms with Crippen LogP contribution in [-0.2, 0) is 6.54 Å². The Morgan fingerprint density at radius 1 is 1.50 bits per heavy atom. The number of nitrogens with two attached hydrogens (primary N) is 1. The van der Waals surface area contributed by atoms with Gasteiger partial charge in [-0.2, -0.15) is 0 Å². The van der Waals surface area contributed by atoms with Crippen molar-refractivity contribution >= 4 is 22.6 Å². The van der Waals surface area contributed by atoms with Gasteiger partial charge in [0.25, 0.3) is 0 Å². The van der Waals surface area contributed by atoms with Crippen LogP contribution in [0.3, 0.4) is 0 Å². The highest BCUT2D eigenvalue weighted by Crippen LogP contribution is 2.14. The van der Waals surface area contributed by atoms with Gasteiger partial charge in [0.15, 0.2) is 0 Å². The summed E-state index contributed by atoms with van der Waals surface area (Å²) in [6, 6.07) is 4.92. The average molecular weight is 251 g/mol. The van der Waals surface area contributed by atoms with Crippen molar-refractivity contribution in [3.63, 3.8) is 0 Å². The van der Waals surface area contributed by atoms with E-state index >= 15 is 0 Å². The van der Waals surface area contributed by atoms with E-state index < -0.39 is 0 Å². The molecule has 0 saturated carbocycles. The highest BCUT2D eigenvalue weighted by molar-refractivity contribution is 14.1. The minimum absolute atomic E-state index is 0.191. The number of hydrogen-bond acceptors (Lipinski definition) is 1. The van der Waals surface area contributed by atoms with Gasteiger partial charge in [0.05, 0.1) is 3.57 Å². The molecule has 1 aromatic carbocycles. The molecule has 54 valence electrons. The first kappa shape index (κ1) is 7.94. The number of hydrogen-bond donors (Lipinski definition) is 1. The predicted molar refractivity (Wildman–Crippen MR) is 47.0 cm³/mol. The quantitative estimate of drug-likeness (QED) is 0.758. The van der Waals surface area contributed by atoms with Gasteiger partial charge in [-0.25, -0.2) is 4.39 Å². The average Bonchev–Trinajstić information content (AvgIpc) is 1.95. The van der Waals surface area contributed by atoms with E-state index in [1.165, 1.54) is 6.07 Å². The Labute approximate surface area is 72.6 Å². The van der Waals surface area contributed by atoms with Gasteiger partial charge in [0.1, 0.15) is 5.82 Å². The molecule has 0 aromatic heterocycles. The zero-order chi connectivity index (χ0) is 7.56. The molecule has 0 saturated heterocycles. The van der Waals surface area contributed by atoms with Crippen molar-refractivity contribution in [3.05, 3.63) is 33.1 Å². The van der Waals surface area contributed by atoms with Gasteiger partial charge < -0.3 is 5.73 Å². The van der Waals surface area contributed by atoms with Gasteiger partial charge in [-0.1, -0.05) is 12.1 Å². The van der Waals surface area contributed by atoms with Crippen molar-refractivity contribution in [2.24, 2.45) is 5.73 Å². The summed E-state index contributed by atoms with van der Waals surface area (Å²) in [6.45, 7) is 0.399. The summed E-state index contributed by atoms with van der Waals surface area (Å²) < 4.78 is 13.3. The van der Waals surface area contributed by atoms with Crippen molar-refractivity contribution in [1.29, 1.82) is 0 Å². The molecule has 0 unspecified atom stereocenters. The summed E-state index contributed by atoms with van der Waals surface area (Å²) in [5, 5.41) is 0. The van der Waals surface area contributed by atoms with Crippen molar-refractivity contribution in [1.82, 2.24) is 0 Å². The van der Waals surface area contributed by atoms with Crippen LogP contribution < -0.4 is 5.73 Å². The van der Waals surface area contributed by atoms with Crippen LogP contribution in [0.1, 0.15) is 5.56 Å². The normalized spacial score (nSPS) is 9.90. The minimum atomic E-state index is -0.191. The third kappa shape index (κ3) is 1.46. The topological polar surface area (TPSA) is 26.0 Å². The zero-order valence-electron chi connectivity index (χ0n) is 5.27. The molecule has 0 spiro atoms. The van der Waals surface area contributed by atoms with Crippen LogP contribution in [0, 0.1) is 9.39 Å². The Balaban J connectivity index is 3.14. The molecule has 3 heteroatoms. The highest BCUT2D eigenvalue weighted by atomic mass is 127. The number of rotatable bonds is 1. The highest BCUT2D eigenvalue weighted by Gasteiger charge is 2.01. The summed E-state index contributed by atoms with van der Waals surface area (Å²) >= 11 is 1.95. The maximum absolute atomic E-state index is 12.7. The molecule has 0 heterocycles. The van der Waals surface area contributed by atoms with Crippen LogP contribution in [0.25, 0.3) is 0 Å². The summed E-state index contributed by atoms with van der Waals surface area (Å²) in [7, 11) is 0.